The van der Waals surface area contributed by atoms with Gasteiger partial charge in [-0.1, -0.05) is 96.0 Å². The molecular weight excluding hydrogens is 1040 g/mol. The van der Waals surface area contributed by atoms with Gasteiger partial charge in [0.2, 0.25) is 11.8 Å². The molecule has 0 radical (unpaired) electrons. The molecule has 396 valence electrons. The number of hydrogen-bond donors (Lipinski definition) is 3. The number of benzene rings is 4. The number of hydrogen-bond acceptors (Lipinski definition) is 11. The maximum Gasteiger partial charge on any atom is 0.412 e. The number of carbonyl (C=O) groups is 6. The Balaban J connectivity index is 0.000000382. The zero-order chi connectivity index (χ0) is 52.5. The quantitative estimate of drug-likeness (QED) is 0.0543. The molecule has 4 amide bonds. The Morgan fingerprint density at radius 3 is 1.41 bits per heavy atom. The van der Waals surface area contributed by atoms with Gasteiger partial charge in [0, 0.05) is 50.1 Å². The van der Waals surface area contributed by atoms with Crippen LogP contribution in [0.4, 0.5) is 30.0 Å². The topological polar surface area (TPSA) is 207 Å². The molecule has 0 bridgehead atoms. The van der Waals surface area contributed by atoms with Crippen molar-refractivity contribution in [3.63, 3.8) is 0 Å². The second kappa shape index (κ2) is 29.2. The Morgan fingerprint density at radius 2 is 1.01 bits per heavy atom. The van der Waals surface area contributed by atoms with Crippen LogP contribution in [0.15, 0.2) is 109 Å². The SMILES string of the molecule is CN(C(=O)CCc1cccc(F)c1Cl)[C@H](COC(=O)Nc1cc2ccccc2cn1)CC(=O)O.CN(C(=O)CCc1cccc(F)c1Cl)[C@H](COC(=O)Nc1cc2ccccc2cn1)CC(=O)OC(C)(C)C.S.S. The zero-order valence-electron chi connectivity index (χ0n) is 41.1. The van der Waals surface area contributed by atoms with Crippen LogP contribution in [0, 0.1) is 11.6 Å². The fraction of sp³-hybridized carbons (Fsp3) is 0.308. The Kier molecular flexibility index (Phi) is 24.3. The van der Waals surface area contributed by atoms with Crippen molar-refractivity contribution in [3.05, 3.63) is 142 Å². The van der Waals surface area contributed by atoms with E-state index in [0.717, 1.165) is 21.5 Å². The number of fused-ring (bicyclic) bond motifs is 2. The van der Waals surface area contributed by atoms with E-state index in [1.807, 2.05) is 48.5 Å². The van der Waals surface area contributed by atoms with Crippen molar-refractivity contribution in [2.75, 3.05) is 37.9 Å². The number of aliphatic carboxylic acids is 1. The van der Waals surface area contributed by atoms with E-state index in [2.05, 4.69) is 20.6 Å². The highest BCUT2D eigenvalue weighted by Gasteiger charge is 2.28. The van der Waals surface area contributed by atoms with Gasteiger partial charge in [0.15, 0.2) is 0 Å². The molecule has 0 saturated heterocycles. The average Bonchev–Trinajstić information content (AvgIpc) is 3.33. The van der Waals surface area contributed by atoms with Crippen LogP contribution in [-0.2, 0) is 46.2 Å². The molecule has 4 aromatic carbocycles. The molecule has 0 spiro atoms. The monoisotopic (exact) mass is 1100 g/mol. The van der Waals surface area contributed by atoms with Gasteiger partial charge in [-0.15, -0.1) is 0 Å². The number of nitrogens with one attached hydrogen (secondary N) is 2. The first-order valence-corrected chi connectivity index (χ1v) is 23.3. The molecule has 2 aromatic heterocycles. The van der Waals surface area contributed by atoms with E-state index in [1.54, 1.807) is 57.4 Å². The highest BCUT2D eigenvalue weighted by atomic mass is 35.5. The van der Waals surface area contributed by atoms with Crippen molar-refractivity contribution in [1.29, 1.82) is 0 Å². The maximum atomic E-state index is 13.7. The molecule has 0 fully saturated rings. The summed E-state index contributed by atoms with van der Waals surface area (Å²) in [5.41, 5.74) is 0.241. The Morgan fingerprint density at radius 1 is 0.622 bits per heavy atom. The fourth-order valence-corrected chi connectivity index (χ4v) is 7.49. The molecule has 0 unspecified atom stereocenters. The second-order valence-corrected chi connectivity index (χ2v) is 18.2. The molecule has 22 heteroatoms. The maximum absolute atomic E-state index is 13.7. The lowest BCUT2D eigenvalue weighted by Crippen LogP contribution is -2.43. The van der Waals surface area contributed by atoms with E-state index in [1.165, 1.54) is 48.2 Å². The number of aryl methyl sites for hydroxylation is 2. The van der Waals surface area contributed by atoms with Crippen molar-refractivity contribution in [3.8, 4) is 0 Å². The van der Waals surface area contributed by atoms with Gasteiger partial charge in [0.05, 0.1) is 35.0 Å². The van der Waals surface area contributed by atoms with Gasteiger partial charge in [-0.05, 0) is 79.8 Å². The molecule has 0 saturated carbocycles. The summed E-state index contributed by atoms with van der Waals surface area (Å²) in [6.07, 6.45) is 1.37. The fourth-order valence-electron chi connectivity index (χ4n) is 7.05. The van der Waals surface area contributed by atoms with E-state index in [4.69, 9.17) is 37.4 Å². The standard InChI is InChI=1S/C28H31ClFN3O5.C24H23ClFN3O5.2H2S/c1-28(2,3)38-25(35)15-21(33(4)24(34)13-12-18-10-7-11-22(30)26(18)29)17-37-27(36)32-23-14-19-8-5-6-9-20(19)16-31-23;1-29(21(30)10-9-15-7-4-8-19(26)23(15)25)18(12-22(31)32)14-34-24(33)28-20-11-16-5-2-3-6-17(16)13-27-20;;/h5-11,14,16,21H,12-13,15,17H2,1-4H3,(H,31,32,36);2-8,11,13,18H,9-10,12,14H2,1H3,(H,31,32)(H,27,28,33);2*1H2/t21-;18-;;/m00../s1. The van der Waals surface area contributed by atoms with Crippen LogP contribution in [0.5, 0.6) is 0 Å². The number of ether oxygens (including phenoxy) is 3. The van der Waals surface area contributed by atoms with Gasteiger partial charge >= 0.3 is 24.1 Å². The predicted octanol–water partition coefficient (Wildman–Crippen LogP) is 10.5. The van der Waals surface area contributed by atoms with Crippen LogP contribution in [0.25, 0.3) is 21.5 Å². The first-order chi connectivity index (χ1) is 34.2. The highest BCUT2D eigenvalue weighted by molar-refractivity contribution is 7.59. The van der Waals surface area contributed by atoms with Crippen LogP contribution in [0.2, 0.25) is 10.0 Å². The van der Waals surface area contributed by atoms with Crippen molar-refractivity contribution in [2.24, 2.45) is 0 Å². The number of amides is 4. The van der Waals surface area contributed by atoms with Gasteiger partial charge < -0.3 is 29.1 Å². The van der Waals surface area contributed by atoms with Gasteiger partial charge in [0.25, 0.3) is 0 Å². The molecule has 74 heavy (non-hydrogen) atoms. The Hall–Kier alpha value is -6.74. The lowest BCUT2D eigenvalue weighted by Gasteiger charge is -2.29. The number of pyridine rings is 2. The smallest absolute Gasteiger partial charge is 0.412 e. The molecule has 6 rings (SSSR count). The number of nitrogens with zero attached hydrogens (tertiary/aromatic N) is 4. The van der Waals surface area contributed by atoms with Crippen LogP contribution >= 0.6 is 50.2 Å². The van der Waals surface area contributed by atoms with Gasteiger partial charge in [-0.2, -0.15) is 27.0 Å². The lowest BCUT2D eigenvalue weighted by molar-refractivity contribution is -0.157. The third-order valence-corrected chi connectivity index (χ3v) is 11.8. The van der Waals surface area contributed by atoms with E-state index in [-0.39, 0.29) is 94.1 Å². The van der Waals surface area contributed by atoms with Crippen LogP contribution < -0.4 is 10.6 Å². The second-order valence-electron chi connectivity index (χ2n) is 17.4. The minimum atomic E-state index is -1.15. The molecule has 6 aromatic rings. The number of carboxylic acids is 1. The van der Waals surface area contributed by atoms with E-state index >= 15 is 0 Å². The van der Waals surface area contributed by atoms with E-state index < -0.39 is 65.8 Å². The normalized spacial score (nSPS) is 11.5. The van der Waals surface area contributed by atoms with Crippen molar-refractivity contribution >= 4 is 119 Å². The summed E-state index contributed by atoms with van der Waals surface area (Å²) < 4.78 is 43.3. The highest BCUT2D eigenvalue weighted by Crippen LogP contribution is 2.24. The zero-order valence-corrected chi connectivity index (χ0v) is 44.6. The summed E-state index contributed by atoms with van der Waals surface area (Å²) in [6, 6.07) is 25.5. The number of halogens is 4. The Labute approximate surface area is 450 Å². The summed E-state index contributed by atoms with van der Waals surface area (Å²) in [5.74, 6) is -3.00. The van der Waals surface area contributed by atoms with Gasteiger partial charge in [-0.25, -0.2) is 28.3 Å². The number of likely N-dealkylation sites (N-methyl/N-ethyl adjacent to an activating group) is 2. The van der Waals surface area contributed by atoms with Gasteiger partial charge in [-0.3, -0.25) is 29.8 Å². The number of carboxylic acid groups (broad SMARTS) is 1. The number of rotatable bonds is 18. The number of aromatic nitrogens is 2. The largest absolute Gasteiger partial charge is 0.481 e. The predicted molar refractivity (Wildman–Crippen MR) is 289 cm³/mol. The van der Waals surface area contributed by atoms with Crippen LogP contribution in [0.3, 0.4) is 0 Å². The summed E-state index contributed by atoms with van der Waals surface area (Å²) in [4.78, 5) is 85.0. The molecule has 0 aliphatic heterocycles. The summed E-state index contributed by atoms with van der Waals surface area (Å²) >= 11 is 11.9. The van der Waals surface area contributed by atoms with Crippen LogP contribution in [0.1, 0.15) is 57.6 Å². The molecule has 2 atom stereocenters. The first-order valence-electron chi connectivity index (χ1n) is 22.5. The first kappa shape index (κ1) is 61.6. The van der Waals surface area contributed by atoms with E-state index in [0.29, 0.717) is 16.9 Å². The lowest BCUT2D eigenvalue weighted by atomic mass is 10.1. The average molecular weight is 1100 g/mol. The van der Waals surface area contributed by atoms with Crippen molar-refractivity contribution in [2.45, 2.75) is 77.0 Å². The van der Waals surface area contributed by atoms with E-state index in [9.17, 15) is 42.7 Å². The molecule has 2 heterocycles. The molecule has 0 aliphatic carbocycles. The van der Waals surface area contributed by atoms with Crippen molar-refractivity contribution in [1.82, 2.24) is 19.8 Å². The van der Waals surface area contributed by atoms with Crippen molar-refractivity contribution < 1.29 is 56.9 Å². The van der Waals surface area contributed by atoms with Gasteiger partial charge in [0.1, 0.15) is 42.1 Å². The summed E-state index contributed by atoms with van der Waals surface area (Å²) in [6.45, 7) is 4.60. The Bertz CT molecular complexity index is 2920. The third-order valence-electron chi connectivity index (χ3n) is 10.9. The molecule has 16 nitrogen and oxygen atoms in total. The number of carbonyl (C=O) groups excluding carboxylic acids is 5. The minimum Gasteiger partial charge on any atom is -0.481 e. The number of esters is 1. The molecule has 0 aliphatic rings. The third kappa shape index (κ3) is 19.3. The minimum absolute atomic E-state index is 0. The number of anilines is 2. The van der Waals surface area contributed by atoms with Crippen LogP contribution in [-0.4, -0.2) is 106 Å². The summed E-state index contributed by atoms with van der Waals surface area (Å²) in [5, 5.41) is 17.8. The molecular formula is C52H58Cl2F2N6O10S2. The molecule has 3 N–H and O–H groups in total. The summed E-state index contributed by atoms with van der Waals surface area (Å²) in [7, 11) is 2.94.